The number of carbonyl (C=O) groups is 1. The maximum atomic E-state index is 13.6. The molecule has 2 aliphatic rings. The van der Waals surface area contributed by atoms with Crippen molar-refractivity contribution in [1.29, 1.82) is 0 Å². The third-order valence-corrected chi connectivity index (χ3v) is 8.70. The summed E-state index contributed by atoms with van der Waals surface area (Å²) in [4.78, 5) is 15.4. The second-order valence-electron chi connectivity index (χ2n) is 8.56. The van der Waals surface area contributed by atoms with Gasteiger partial charge in [-0.15, -0.1) is 0 Å². The minimum Gasteiger partial charge on any atom is -0.370 e. The quantitative estimate of drug-likeness (QED) is 0.655. The predicted octanol–water partition coefficient (Wildman–Crippen LogP) is 5.07. The highest BCUT2D eigenvalue weighted by Crippen LogP contribution is 2.33. The minimum absolute atomic E-state index is 0.233. The molecule has 6 nitrogen and oxygen atoms in total. The monoisotopic (exact) mass is 475 g/mol. The Hall–Kier alpha value is -2.09. The molecule has 0 aliphatic carbocycles. The summed E-state index contributed by atoms with van der Waals surface area (Å²) in [6, 6.07) is 10.4. The van der Waals surface area contributed by atoms with Crippen molar-refractivity contribution < 1.29 is 13.2 Å². The summed E-state index contributed by atoms with van der Waals surface area (Å²) in [5.41, 5.74) is 2.41. The molecule has 0 spiro atoms. The largest absolute Gasteiger partial charge is 0.370 e. The molecule has 4 rings (SSSR count). The molecule has 1 amide bonds. The van der Waals surface area contributed by atoms with Gasteiger partial charge in [0.25, 0.3) is 5.91 Å². The Morgan fingerprint density at radius 3 is 2.28 bits per heavy atom. The highest BCUT2D eigenvalue weighted by Gasteiger charge is 2.31. The maximum absolute atomic E-state index is 13.6. The van der Waals surface area contributed by atoms with E-state index < -0.39 is 10.0 Å². The third-order valence-electron chi connectivity index (χ3n) is 6.37. The Bertz CT molecular complexity index is 1090. The minimum atomic E-state index is -3.70. The zero-order valence-electron chi connectivity index (χ0n) is 18.4. The number of anilines is 2. The molecule has 2 aromatic carbocycles. The molecule has 2 fully saturated rings. The molecule has 0 bridgehead atoms. The lowest BCUT2D eigenvalue weighted by atomic mass is 10.1. The number of rotatable bonds is 5. The van der Waals surface area contributed by atoms with Gasteiger partial charge in [0, 0.05) is 42.5 Å². The number of benzene rings is 2. The van der Waals surface area contributed by atoms with Gasteiger partial charge in [-0.05, 0) is 74.9 Å². The molecule has 32 heavy (non-hydrogen) atoms. The highest BCUT2D eigenvalue weighted by molar-refractivity contribution is 7.89. The first-order chi connectivity index (χ1) is 15.4. The summed E-state index contributed by atoms with van der Waals surface area (Å²) in [6.45, 7) is 4.55. The maximum Gasteiger partial charge on any atom is 0.255 e. The molecule has 172 valence electrons. The van der Waals surface area contributed by atoms with E-state index in [4.69, 9.17) is 11.6 Å². The van der Waals surface area contributed by atoms with Crippen LogP contribution in [0.2, 0.25) is 5.02 Å². The van der Waals surface area contributed by atoms with Crippen molar-refractivity contribution in [2.45, 2.75) is 50.3 Å². The van der Waals surface area contributed by atoms with E-state index in [9.17, 15) is 13.2 Å². The van der Waals surface area contributed by atoms with E-state index >= 15 is 0 Å². The average molecular weight is 476 g/mol. The van der Waals surface area contributed by atoms with Crippen LogP contribution in [0.15, 0.2) is 41.3 Å². The molecule has 2 heterocycles. The summed E-state index contributed by atoms with van der Waals surface area (Å²) < 4.78 is 28.8. The Kier molecular flexibility index (Phi) is 7.08. The number of nitrogens with zero attached hydrogens (tertiary/aromatic N) is 2. The van der Waals surface area contributed by atoms with Crippen LogP contribution in [-0.2, 0) is 10.0 Å². The predicted molar refractivity (Wildman–Crippen MR) is 129 cm³/mol. The Morgan fingerprint density at radius 2 is 1.59 bits per heavy atom. The Balaban J connectivity index is 1.71. The standard InChI is InChI=1S/C24H30ClN3O3S/c1-18-20(25)9-8-10-21(18)26-24(29)19-11-12-22(27-13-4-2-5-14-27)23(17-19)32(30,31)28-15-6-3-7-16-28/h8-12,17H,2-7,13-16H2,1H3,(H,26,29). The SMILES string of the molecule is Cc1c(Cl)cccc1NC(=O)c1ccc(N2CCCCC2)c(S(=O)(=O)N2CCCCC2)c1. The van der Waals surface area contributed by atoms with Gasteiger partial charge in [-0.2, -0.15) is 4.31 Å². The fourth-order valence-corrected chi connectivity index (χ4v) is 6.37. The van der Waals surface area contributed by atoms with Crippen molar-refractivity contribution in [3.63, 3.8) is 0 Å². The lowest BCUT2D eigenvalue weighted by Gasteiger charge is -2.33. The number of amides is 1. The summed E-state index contributed by atoms with van der Waals surface area (Å²) in [5.74, 6) is -0.351. The average Bonchev–Trinajstić information content (AvgIpc) is 2.82. The molecule has 8 heteroatoms. The van der Waals surface area contributed by atoms with Crippen LogP contribution in [0.4, 0.5) is 11.4 Å². The molecule has 0 unspecified atom stereocenters. The van der Waals surface area contributed by atoms with Crippen LogP contribution >= 0.6 is 11.6 Å². The molecule has 0 radical (unpaired) electrons. The second-order valence-corrected chi connectivity index (χ2v) is 10.9. The zero-order chi connectivity index (χ0) is 22.7. The lowest BCUT2D eigenvalue weighted by molar-refractivity contribution is 0.102. The smallest absolute Gasteiger partial charge is 0.255 e. The van der Waals surface area contributed by atoms with Gasteiger partial charge in [0.05, 0.1) is 5.69 Å². The van der Waals surface area contributed by atoms with Crippen LogP contribution in [0.1, 0.15) is 54.4 Å². The van der Waals surface area contributed by atoms with Crippen molar-refractivity contribution in [3.05, 3.63) is 52.5 Å². The van der Waals surface area contributed by atoms with Gasteiger partial charge in [0.15, 0.2) is 0 Å². The van der Waals surface area contributed by atoms with Crippen LogP contribution in [0.5, 0.6) is 0 Å². The number of halogens is 1. The van der Waals surface area contributed by atoms with Gasteiger partial charge in [-0.1, -0.05) is 24.1 Å². The van der Waals surface area contributed by atoms with Crippen LogP contribution in [0.3, 0.4) is 0 Å². The molecule has 0 aromatic heterocycles. The number of carbonyl (C=O) groups excluding carboxylic acids is 1. The Morgan fingerprint density at radius 1 is 0.938 bits per heavy atom. The van der Waals surface area contributed by atoms with Crippen LogP contribution < -0.4 is 10.2 Å². The molecule has 0 atom stereocenters. The van der Waals surface area contributed by atoms with E-state index in [0.29, 0.717) is 35.1 Å². The van der Waals surface area contributed by atoms with Gasteiger partial charge in [-0.25, -0.2) is 8.42 Å². The third kappa shape index (κ3) is 4.80. The van der Waals surface area contributed by atoms with E-state index in [1.165, 1.54) is 0 Å². The Labute approximate surface area is 195 Å². The normalized spacial score (nSPS) is 17.9. The van der Waals surface area contributed by atoms with E-state index in [1.807, 2.05) is 6.92 Å². The number of hydrogen-bond donors (Lipinski definition) is 1. The van der Waals surface area contributed by atoms with Crippen molar-refractivity contribution >= 4 is 38.9 Å². The van der Waals surface area contributed by atoms with E-state index in [1.54, 1.807) is 40.7 Å². The molecule has 0 saturated carbocycles. The van der Waals surface area contributed by atoms with Crippen molar-refractivity contribution in [1.82, 2.24) is 4.31 Å². The van der Waals surface area contributed by atoms with Crippen LogP contribution in [-0.4, -0.2) is 44.8 Å². The van der Waals surface area contributed by atoms with Gasteiger partial charge < -0.3 is 10.2 Å². The van der Waals surface area contributed by atoms with Crippen LogP contribution in [0, 0.1) is 6.92 Å². The summed E-state index contributed by atoms with van der Waals surface area (Å²) >= 11 is 6.18. The topological polar surface area (TPSA) is 69.7 Å². The van der Waals surface area contributed by atoms with Gasteiger partial charge in [0.1, 0.15) is 4.90 Å². The fourth-order valence-electron chi connectivity index (χ4n) is 4.44. The summed E-state index contributed by atoms with van der Waals surface area (Å²) in [6.07, 6.45) is 6.02. The molecule has 2 saturated heterocycles. The number of hydrogen-bond acceptors (Lipinski definition) is 4. The van der Waals surface area contributed by atoms with Crippen molar-refractivity contribution in [3.8, 4) is 0 Å². The van der Waals surface area contributed by atoms with Gasteiger partial charge >= 0.3 is 0 Å². The van der Waals surface area contributed by atoms with Gasteiger partial charge in [-0.3, -0.25) is 4.79 Å². The first-order valence-electron chi connectivity index (χ1n) is 11.3. The number of nitrogens with one attached hydrogen (secondary N) is 1. The summed E-state index contributed by atoms with van der Waals surface area (Å²) in [5, 5.41) is 3.45. The molecular formula is C24H30ClN3O3S. The lowest BCUT2D eigenvalue weighted by Crippen LogP contribution is -2.37. The second kappa shape index (κ2) is 9.81. The van der Waals surface area contributed by atoms with E-state index in [0.717, 1.165) is 57.2 Å². The first-order valence-corrected chi connectivity index (χ1v) is 13.2. The van der Waals surface area contributed by atoms with Crippen molar-refractivity contribution in [2.24, 2.45) is 0 Å². The van der Waals surface area contributed by atoms with E-state index in [2.05, 4.69) is 10.2 Å². The fraction of sp³-hybridized carbons (Fsp3) is 0.458. The molecular weight excluding hydrogens is 446 g/mol. The number of piperidine rings is 2. The molecule has 1 N–H and O–H groups in total. The molecule has 2 aliphatic heterocycles. The number of sulfonamides is 1. The van der Waals surface area contributed by atoms with Gasteiger partial charge in [0.2, 0.25) is 10.0 Å². The highest BCUT2D eigenvalue weighted by atomic mass is 35.5. The molecule has 2 aromatic rings. The zero-order valence-corrected chi connectivity index (χ0v) is 20.0. The first kappa shape index (κ1) is 23.1. The summed E-state index contributed by atoms with van der Waals surface area (Å²) in [7, 11) is -3.70. The van der Waals surface area contributed by atoms with E-state index in [-0.39, 0.29) is 10.8 Å². The van der Waals surface area contributed by atoms with Crippen LogP contribution in [0.25, 0.3) is 0 Å². The van der Waals surface area contributed by atoms with Crippen molar-refractivity contribution in [2.75, 3.05) is 36.4 Å².